The Kier molecular flexibility index (Phi) is 4.29. The number of aliphatic carboxylic acids is 1. The zero-order valence-corrected chi connectivity index (χ0v) is 15.8. The van der Waals surface area contributed by atoms with Gasteiger partial charge >= 0.3 is 5.97 Å². The van der Waals surface area contributed by atoms with E-state index in [1.807, 2.05) is 0 Å². The molecular weight excluding hydrogens is 342 g/mol. The average Bonchev–Trinajstić information content (AvgIpc) is 3.39. The second kappa shape index (κ2) is 6.51. The minimum atomic E-state index is -1.40. The SMILES string of the molecule is CC(C(=O)Nc1c2c(cc3c1CCC3)CCC2)C(C)(C(=O)O)n1ccnc1. The maximum absolute atomic E-state index is 13.2. The van der Waals surface area contributed by atoms with Gasteiger partial charge in [-0.05, 0) is 67.7 Å². The lowest BCUT2D eigenvalue weighted by Gasteiger charge is -2.32. The van der Waals surface area contributed by atoms with E-state index in [-0.39, 0.29) is 5.91 Å². The summed E-state index contributed by atoms with van der Waals surface area (Å²) in [6.07, 6.45) is 10.9. The number of carboxylic acids is 1. The number of anilines is 1. The monoisotopic (exact) mass is 367 g/mol. The van der Waals surface area contributed by atoms with Crippen molar-refractivity contribution in [3.8, 4) is 0 Å². The van der Waals surface area contributed by atoms with Gasteiger partial charge in [-0.3, -0.25) is 4.79 Å². The molecular formula is C21H25N3O3. The molecule has 2 aliphatic carbocycles. The molecule has 2 atom stereocenters. The van der Waals surface area contributed by atoms with Crippen LogP contribution in [0.5, 0.6) is 0 Å². The fourth-order valence-corrected chi connectivity index (χ4v) is 4.51. The lowest BCUT2D eigenvalue weighted by Crippen LogP contribution is -2.48. The van der Waals surface area contributed by atoms with Gasteiger partial charge in [-0.1, -0.05) is 13.0 Å². The first-order valence-electron chi connectivity index (χ1n) is 9.62. The molecule has 0 aliphatic heterocycles. The summed E-state index contributed by atoms with van der Waals surface area (Å²) in [6, 6.07) is 2.32. The third kappa shape index (κ3) is 2.74. The molecule has 1 heterocycles. The van der Waals surface area contributed by atoms with Gasteiger partial charge in [-0.2, -0.15) is 0 Å². The number of hydrogen-bond acceptors (Lipinski definition) is 3. The topological polar surface area (TPSA) is 84.2 Å². The standard InChI is InChI=1S/C21H25N3O3/c1-13(21(2,20(26)27)24-10-9-22-12-24)19(25)23-18-16-7-3-5-14(16)11-15-6-4-8-17(15)18/h9-13H,3-8H2,1-2H3,(H,23,25)(H,26,27). The van der Waals surface area contributed by atoms with Gasteiger partial charge < -0.3 is 15.0 Å². The number of fused-ring (bicyclic) bond motifs is 2. The number of benzene rings is 1. The first-order chi connectivity index (χ1) is 12.9. The molecule has 2 aliphatic rings. The number of imidazole rings is 1. The summed E-state index contributed by atoms with van der Waals surface area (Å²) < 4.78 is 1.50. The smallest absolute Gasteiger partial charge is 0.330 e. The molecule has 0 bridgehead atoms. The molecule has 0 saturated heterocycles. The fraction of sp³-hybridized carbons (Fsp3) is 0.476. The predicted molar refractivity (Wildman–Crippen MR) is 102 cm³/mol. The van der Waals surface area contributed by atoms with E-state index < -0.39 is 17.4 Å². The van der Waals surface area contributed by atoms with Crippen LogP contribution in [0.4, 0.5) is 5.69 Å². The van der Waals surface area contributed by atoms with E-state index in [4.69, 9.17) is 0 Å². The van der Waals surface area contributed by atoms with Crippen LogP contribution in [-0.2, 0) is 40.8 Å². The second-order valence-electron chi connectivity index (χ2n) is 7.87. The molecule has 142 valence electrons. The molecule has 0 spiro atoms. The number of nitrogens with zero attached hydrogens (tertiary/aromatic N) is 2. The Hall–Kier alpha value is -2.63. The Bertz CT molecular complexity index is 872. The molecule has 2 N–H and O–H groups in total. The summed E-state index contributed by atoms with van der Waals surface area (Å²) in [5.41, 5.74) is 4.73. The summed E-state index contributed by atoms with van der Waals surface area (Å²) in [6.45, 7) is 3.24. The predicted octanol–water partition coefficient (Wildman–Crippen LogP) is 2.94. The highest BCUT2D eigenvalue weighted by Crippen LogP contribution is 2.39. The largest absolute Gasteiger partial charge is 0.479 e. The molecule has 27 heavy (non-hydrogen) atoms. The van der Waals surface area contributed by atoms with Crippen LogP contribution in [0.1, 0.15) is 48.9 Å². The van der Waals surface area contributed by atoms with Crippen molar-refractivity contribution in [3.05, 3.63) is 47.0 Å². The summed E-state index contributed by atoms with van der Waals surface area (Å²) in [7, 11) is 0. The third-order valence-electron chi connectivity index (χ3n) is 6.43. The van der Waals surface area contributed by atoms with Gasteiger partial charge in [0.1, 0.15) is 0 Å². The molecule has 2 aromatic rings. The molecule has 0 fully saturated rings. The minimum Gasteiger partial charge on any atom is -0.479 e. The molecule has 2 unspecified atom stereocenters. The van der Waals surface area contributed by atoms with E-state index in [2.05, 4.69) is 16.4 Å². The van der Waals surface area contributed by atoms with Crippen molar-refractivity contribution >= 4 is 17.6 Å². The summed E-state index contributed by atoms with van der Waals surface area (Å²) >= 11 is 0. The lowest BCUT2D eigenvalue weighted by molar-refractivity contribution is -0.152. The lowest BCUT2D eigenvalue weighted by atomic mass is 9.85. The van der Waals surface area contributed by atoms with Crippen LogP contribution >= 0.6 is 0 Å². The zero-order chi connectivity index (χ0) is 19.2. The Morgan fingerprint density at radius 1 is 1.19 bits per heavy atom. The molecule has 6 nitrogen and oxygen atoms in total. The highest BCUT2D eigenvalue weighted by atomic mass is 16.4. The molecule has 4 rings (SSSR count). The Morgan fingerprint density at radius 2 is 1.81 bits per heavy atom. The molecule has 6 heteroatoms. The number of nitrogens with one attached hydrogen (secondary N) is 1. The summed E-state index contributed by atoms with van der Waals surface area (Å²) in [5, 5.41) is 13.0. The number of rotatable bonds is 5. The number of aromatic nitrogens is 2. The number of carbonyl (C=O) groups is 2. The number of carboxylic acid groups (broad SMARTS) is 1. The maximum Gasteiger partial charge on any atom is 0.330 e. The van der Waals surface area contributed by atoms with Crippen molar-refractivity contribution in [3.63, 3.8) is 0 Å². The van der Waals surface area contributed by atoms with Crippen molar-refractivity contribution in [2.75, 3.05) is 5.32 Å². The summed E-state index contributed by atoms with van der Waals surface area (Å²) in [4.78, 5) is 29.2. The first-order valence-corrected chi connectivity index (χ1v) is 9.62. The van der Waals surface area contributed by atoms with E-state index in [1.165, 1.54) is 39.3 Å². The average molecular weight is 367 g/mol. The van der Waals surface area contributed by atoms with Gasteiger partial charge in [-0.15, -0.1) is 0 Å². The highest BCUT2D eigenvalue weighted by Gasteiger charge is 2.44. The number of amides is 1. The first kappa shape index (κ1) is 17.8. The zero-order valence-electron chi connectivity index (χ0n) is 15.8. The number of hydrogen-bond donors (Lipinski definition) is 2. The van der Waals surface area contributed by atoms with Gasteiger partial charge in [0.05, 0.1) is 12.2 Å². The van der Waals surface area contributed by atoms with Gasteiger partial charge in [0.25, 0.3) is 0 Å². The molecule has 0 saturated carbocycles. The van der Waals surface area contributed by atoms with E-state index >= 15 is 0 Å². The Labute approximate surface area is 158 Å². The van der Waals surface area contributed by atoms with Crippen LogP contribution in [-0.4, -0.2) is 26.5 Å². The van der Waals surface area contributed by atoms with E-state index in [0.29, 0.717) is 0 Å². The minimum absolute atomic E-state index is 0.261. The molecule has 1 aromatic carbocycles. The van der Waals surface area contributed by atoms with Crippen molar-refractivity contribution in [2.45, 2.75) is 57.9 Å². The Balaban J connectivity index is 1.68. The molecule has 1 amide bonds. The van der Waals surface area contributed by atoms with Crippen LogP contribution in [0.25, 0.3) is 0 Å². The number of carbonyl (C=O) groups excluding carboxylic acids is 1. The van der Waals surface area contributed by atoms with Crippen LogP contribution in [0.15, 0.2) is 24.8 Å². The van der Waals surface area contributed by atoms with Crippen LogP contribution in [0.2, 0.25) is 0 Å². The second-order valence-corrected chi connectivity index (χ2v) is 7.87. The van der Waals surface area contributed by atoms with Crippen molar-refractivity contribution in [1.29, 1.82) is 0 Å². The van der Waals surface area contributed by atoms with Crippen molar-refractivity contribution < 1.29 is 14.7 Å². The van der Waals surface area contributed by atoms with Crippen molar-refractivity contribution in [2.24, 2.45) is 5.92 Å². The van der Waals surface area contributed by atoms with E-state index in [1.54, 1.807) is 20.0 Å². The van der Waals surface area contributed by atoms with Crippen LogP contribution < -0.4 is 5.32 Å². The fourth-order valence-electron chi connectivity index (χ4n) is 4.51. The van der Waals surface area contributed by atoms with Gasteiger partial charge in [0.15, 0.2) is 5.54 Å². The van der Waals surface area contributed by atoms with Crippen LogP contribution in [0.3, 0.4) is 0 Å². The highest BCUT2D eigenvalue weighted by molar-refractivity contribution is 5.98. The van der Waals surface area contributed by atoms with Gasteiger partial charge in [0, 0.05) is 18.1 Å². The van der Waals surface area contributed by atoms with Gasteiger partial charge in [-0.25, -0.2) is 9.78 Å². The third-order valence-corrected chi connectivity index (χ3v) is 6.43. The molecule has 1 aromatic heterocycles. The number of aryl methyl sites for hydroxylation is 2. The normalized spacial score (nSPS) is 18.4. The van der Waals surface area contributed by atoms with Gasteiger partial charge in [0.2, 0.25) is 5.91 Å². The Morgan fingerprint density at radius 3 is 2.33 bits per heavy atom. The maximum atomic E-state index is 13.2. The summed E-state index contributed by atoms with van der Waals surface area (Å²) in [5.74, 6) is -2.08. The van der Waals surface area contributed by atoms with Crippen molar-refractivity contribution in [1.82, 2.24) is 9.55 Å². The molecule has 0 radical (unpaired) electrons. The van der Waals surface area contributed by atoms with Crippen LogP contribution in [0, 0.1) is 5.92 Å². The quantitative estimate of drug-likeness (QED) is 0.851. The van der Waals surface area contributed by atoms with E-state index in [9.17, 15) is 14.7 Å². The van der Waals surface area contributed by atoms with E-state index in [0.717, 1.165) is 44.2 Å².